The van der Waals surface area contributed by atoms with Crippen molar-refractivity contribution in [1.82, 2.24) is 5.48 Å². The predicted molar refractivity (Wildman–Crippen MR) is 128 cm³/mol. The zero-order valence-corrected chi connectivity index (χ0v) is 20.1. The van der Waals surface area contributed by atoms with Gasteiger partial charge in [-0.15, -0.1) is 0 Å². The number of thioether (sulfide) groups is 1. The number of hydrogen-bond acceptors (Lipinski definition) is 8. The number of amides is 1. The van der Waals surface area contributed by atoms with Gasteiger partial charge in [-0.2, -0.15) is 10.7 Å². The minimum absolute atomic E-state index is 0.00252. The maximum Gasteiger partial charge on any atom is 0.234 e. The SMILES string of the molecule is CONC(C)c1cccc(NC(=O)CSC2=N[C@H]3CC4OCCOC4CC3[C@H](C)C2C#N)c1. The molecule has 1 amide bonds. The molecule has 4 rings (SSSR count). The van der Waals surface area contributed by atoms with E-state index in [0.717, 1.165) is 29.1 Å². The average Bonchev–Trinajstić information content (AvgIpc) is 2.82. The number of anilines is 1. The van der Waals surface area contributed by atoms with Crippen molar-refractivity contribution in [3.8, 4) is 6.07 Å². The molecule has 2 heterocycles. The standard InChI is InChI=1S/C24H32N4O4S/c1-14-18-10-21-22(32-8-7-31-21)11-20(18)27-24(19(14)12-25)33-13-23(29)26-17-6-4-5-16(9-17)15(2)28-30-3/h4-6,9,14-15,18-22,28H,7-8,10-11,13H2,1-3H3,(H,26,29)/t14-,15?,18?,19?,20-,21?,22?/m0/s1. The highest BCUT2D eigenvalue weighted by atomic mass is 32.2. The van der Waals surface area contributed by atoms with Crippen LogP contribution in [0.15, 0.2) is 29.3 Å². The van der Waals surface area contributed by atoms with Gasteiger partial charge in [-0.1, -0.05) is 30.8 Å². The Morgan fingerprint density at radius 2 is 2.09 bits per heavy atom. The van der Waals surface area contributed by atoms with Gasteiger partial charge in [-0.05, 0) is 49.3 Å². The Balaban J connectivity index is 1.39. The Morgan fingerprint density at radius 3 is 2.82 bits per heavy atom. The van der Waals surface area contributed by atoms with E-state index in [4.69, 9.17) is 19.3 Å². The number of carbonyl (C=O) groups excluding carboxylic acids is 1. The zero-order chi connectivity index (χ0) is 23.4. The molecule has 8 nitrogen and oxygen atoms in total. The Morgan fingerprint density at radius 1 is 1.33 bits per heavy atom. The number of hydrogen-bond donors (Lipinski definition) is 2. The third-order valence-corrected chi connectivity index (χ3v) is 7.91. The molecule has 5 unspecified atom stereocenters. The number of ether oxygens (including phenoxy) is 2. The number of hydroxylamine groups is 1. The van der Waals surface area contributed by atoms with Crippen LogP contribution >= 0.6 is 11.8 Å². The zero-order valence-electron chi connectivity index (χ0n) is 19.3. The van der Waals surface area contributed by atoms with Gasteiger partial charge in [0.05, 0.1) is 67.4 Å². The summed E-state index contributed by atoms with van der Waals surface area (Å²) < 4.78 is 11.8. The largest absolute Gasteiger partial charge is 0.373 e. The van der Waals surface area contributed by atoms with Crippen LogP contribution in [0.2, 0.25) is 0 Å². The fourth-order valence-electron chi connectivity index (χ4n) is 5.09. The highest BCUT2D eigenvalue weighted by Crippen LogP contribution is 2.44. The molecule has 7 atom stereocenters. The lowest BCUT2D eigenvalue weighted by Crippen LogP contribution is -2.52. The third-order valence-electron chi connectivity index (χ3n) is 6.85. The Bertz CT molecular complexity index is 920. The molecular weight excluding hydrogens is 440 g/mol. The quantitative estimate of drug-likeness (QED) is 0.612. The maximum atomic E-state index is 12.7. The molecule has 0 aromatic heterocycles. The highest BCUT2D eigenvalue weighted by molar-refractivity contribution is 8.14. The number of nitrogens with one attached hydrogen (secondary N) is 2. The van der Waals surface area contributed by atoms with Gasteiger partial charge in [-0.25, -0.2) is 0 Å². The number of nitriles is 1. The van der Waals surface area contributed by atoms with E-state index < -0.39 is 0 Å². The van der Waals surface area contributed by atoms with Crippen molar-refractivity contribution in [3.63, 3.8) is 0 Å². The number of carbonyl (C=O) groups is 1. The van der Waals surface area contributed by atoms with Crippen molar-refractivity contribution in [2.75, 3.05) is 31.4 Å². The van der Waals surface area contributed by atoms with Crippen LogP contribution in [-0.2, 0) is 19.1 Å². The van der Waals surface area contributed by atoms with Crippen LogP contribution in [0, 0.1) is 29.1 Å². The van der Waals surface area contributed by atoms with Gasteiger partial charge >= 0.3 is 0 Å². The van der Waals surface area contributed by atoms with Gasteiger partial charge in [0.25, 0.3) is 0 Å². The summed E-state index contributed by atoms with van der Waals surface area (Å²) >= 11 is 1.38. The summed E-state index contributed by atoms with van der Waals surface area (Å²) in [7, 11) is 1.58. The lowest BCUT2D eigenvalue weighted by Gasteiger charge is -2.47. The van der Waals surface area contributed by atoms with Gasteiger partial charge in [0.15, 0.2) is 0 Å². The summed E-state index contributed by atoms with van der Waals surface area (Å²) in [6, 6.07) is 10.2. The van der Waals surface area contributed by atoms with Gasteiger partial charge in [0.1, 0.15) is 0 Å². The Hall–Kier alpha value is -1.96. The van der Waals surface area contributed by atoms with Crippen LogP contribution in [0.3, 0.4) is 0 Å². The molecule has 0 spiro atoms. The lowest BCUT2D eigenvalue weighted by atomic mass is 9.69. The molecule has 178 valence electrons. The van der Waals surface area contributed by atoms with Crippen molar-refractivity contribution < 1.29 is 19.1 Å². The van der Waals surface area contributed by atoms with E-state index in [1.807, 2.05) is 31.2 Å². The van der Waals surface area contributed by atoms with Crippen molar-refractivity contribution in [2.24, 2.45) is 22.7 Å². The van der Waals surface area contributed by atoms with E-state index in [0.29, 0.717) is 19.1 Å². The monoisotopic (exact) mass is 472 g/mol. The first-order valence-corrected chi connectivity index (χ1v) is 12.5. The average molecular weight is 473 g/mol. The Labute approximate surface area is 199 Å². The van der Waals surface area contributed by atoms with E-state index in [1.54, 1.807) is 7.11 Å². The number of fused-ring (bicyclic) bond motifs is 2. The molecule has 2 fully saturated rings. The van der Waals surface area contributed by atoms with E-state index in [2.05, 4.69) is 23.8 Å². The highest BCUT2D eigenvalue weighted by Gasteiger charge is 2.47. The maximum absolute atomic E-state index is 12.7. The molecule has 9 heteroatoms. The van der Waals surface area contributed by atoms with Crippen LogP contribution in [0.5, 0.6) is 0 Å². The fourth-order valence-corrected chi connectivity index (χ4v) is 6.10. The molecule has 1 saturated carbocycles. The fraction of sp³-hybridized carbons (Fsp3) is 0.625. The summed E-state index contributed by atoms with van der Waals surface area (Å²) in [5, 5.41) is 13.6. The number of aliphatic imine (C=N–C) groups is 1. The normalized spacial score (nSPS) is 32.0. The van der Waals surface area contributed by atoms with Crippen molar-refractivity contribution in [2.45, 2.75) is 51.0 Å². The summed E-state index contributed by atoms with van der Waals surface area (Å²) in [6.07, 6.45) is 1.87. The third kappa shape index (κ3) is 5.58. The molecule has 33 heavy (non-hydrogen) atoms. The molecule has 2 N–H and O–H groups in total. The minimum Gasteiger partial charge on any atom is -0.373 e. The van der Waals surface area contributed by atoms with E-state index in [9.17, 15) is 10.1 Å². The molecular formula is C24H32N4O4S. The lowest BCUT2D eigenvalue weighted by molar-refractivity contribution is -0.168. The second-order valence-electron chi connectivity index (χ2n) is 8.96. The summed E-state index contributed by atoms with van der Waals surface area (Å²) in [5.41, 5.74) is 4.62. The van der Waals surface area contributed by atoms with E-state index in [-0.39, 0.29) is 47.8 Å². The van der Waals surface area contributed by atoms with Crippen LogP contribution in [0.25, 0.3) is 0 Å². The summed E-state index contributed by atoms with van der Waals surface area (Å²) in [4.78, 5) is 22.6. The Kier molecular flexibility index (Phi) is 8.04. The summed E-state index contributed by atoms with van der Waals surface area (Å²) in [6.45, 7) is 5.38. The second kappa shape index (κ2) is 11.0. The molecule has 1 aliphatic carbocycles. The van der Waals surface area contributed by atoms with Crippen LogP contribution in [0.4, 0.5) is 5.69 Å². The first-order chi connectivity index (χ1) is 16.0. The van der Waals surface area contributed by atoms with Gasteiger partial charge < -0.3 is 19.6 Å². The number of benzene rings is 1. The van der Waals surface area contributed by atoms with Gasteiger partial charge in [0.2, 0.25) is 5.91 Å². The van der Waals surface area contributed by atoms with E-state index >= 15 is 0 Å². The molecule has 0 bridgehead atoms. The smallest absolute Gasteiger partial charge is 0.234 e. The molecule has 1 aromatic rings. The molecule has 1 aromatic carbocycles. The molecule has 1 saturated heterocycles. The van der Waals surface area contributed by atoms with Gasteiger partial charge in [0, 0.05) is 5.69 Å². The first-order valence-electron chi connectivity index (χ1n) is 11.5. The number of rotatable bonds is 6. The molecule has 0 radical (unpaired) electrons. The molecule has 3 aliphatic rings. The van der Waals surface area contributed by atoms with Crippen LogP contribution in [-0.4, -0.2) is 55.3 Å². The minimum atomic E-state index is -0.297. The van der Waals surface area contributed by atoms with Gasteiger partial charge in [-0.3, -0.25) is 9.79 Å². The predicted octanol–water partition coefficient (Wildman–Crippen LogP) is 3.32. The van der Waals surface area contributed by atoms with Crippen molar-refractivity contribution >= 4 is 28.4 Å². The molecule has 2 aliphatic heterocycles. The second-order valence-corrected chi connectivity index (χ2v) is 9.96. The first kappa shape index (κ1) is 24.2. The summed E-state index contributed by atoms with van der Waals surface area (Å²) in [5.74, 6) is 0.270. The van der Waals surface area contributed by atoms with E-state index in [1.165, 1.54) is 11.8 Å². The van der Waals surface area contributed by atoms with Crippen LogP contribution < -0.4 is 10.8 Å². The van der Waals surface area contributed by atoms with Crippen molar-refractivity contribution in [3.05, 3.63) is 29.8 Å². The topological polar surface area (TPSA) is 105 Å². The van der Waals surface area contributed by atoms with Crippen molar-refractivity contribution in [1.29, 1.82) is 5.26 Å². The number of nitrogens with zero attached hydrogens (tertiary/aromatic N) is 2. The van der Waals surface area contributed by atoms with Crippen LogP contribution in [0.1, 0.15) is 38.3 Å².